The molecule has 0 saturated heterocycles. The van der Waals surface area contributed by atoms with Gasteiger partial charge in [-0.2, -0.15) is 0 Å². The molecule has 0 fully saturated rings. The highest BCUT2D eigenvalue weighted by molar-refractivity contribution is 7.50. The highest BCUT2D eigenvalue weighted by Gasteiger charge is 2.54. The average Bonchev–Trinajstić information content (AvgIpc) is 2.62. The second kappa shape index (κ2) is 6.75. The predicted octanol–water partition coefficient (Wildman–Crippen LogP) is 6.54. The number of hydrogen-bond donors (Lipinski definition) is 0. The Labute approximate surface area is 186 Å². The lowest BCUT2D eigenvalue weighted by Crippen LogP contribution is -2.74. The SMILES string of the molecule is CC(C)c1c2cccc3c2cc2c(cccc12)[Si](C)(C)[Si](C)(C)O[Si](C)(C)[Si]3(C)C. The van der Waals surface area contributed by atoms with Gasteiger partial charge < -0.3 is 4.12 Å². The first-order valence-corrected chi connectivity index (χ1v) is 25.2. The molecule has 1 nitrogen and oxygen atoms in total. The lowest BCUT2D eigenvalue weighted by atomic mass is 9.90. The Hall–Kier alpha value is -0.992. The lowest BCUT2D eigenvalue weighted by Gasteiger charge is -2.49. The fourth-order valence-electron chi connectivity index (χ4n) is 5.45. The molecular weight excluding hydrogens is 429 g/mol. The molecule has 0 atom stereocenters. The molecule has 0 unspecified atom stereocenters. The van der Waals surface area contributed by atoms with Gasteiger partial charge in [0.05, 0.1) is 0 Å². The zero-order valence-corrected chi connectivity index (χ0v) is 24.5. The molecule has 1 aliphatic rings. The number of rotatable bonds is 1. The van der Waals surface area contributed by atoms with Gasteiger partial charge in [-0.3, -0.25) is 0 Å². The van der Waals surface area contributed by atoms with Crippen LogP contribution < -0.4 is 10.4 Å². The van der Waals surface area contributed by atoms with Crippen molar-refractivity contribution >= 4 is 62.8 Å². The van der Waals surface area contributed by atoms with E-state index >= 15 is 0 Å². The first-order valence-electron chi connectivity index (χ1n) is 11.4. The average molecular weight is 467 g/mol. The van der Waals surface area contributed by atoms with Crippen LogP contribution in [0.1, 0.15) is 25.3 Å². The van der Waals surface area contributed by atoms with Gasteiger partial charge in [-0.05, 0) is 65.3 Å². The summed E-state index contributed by atoms with van der Waals surface area (Å²) in [6, 6.07) is 16.8. The van der Waals surface area contributed by atoms with E-state index < -0.39 is 30.9 Å². The standard InChI is InChI=1S/C25H38OSi4/c1-18(2)25-19-13-11-15-23-21(19)17-22-20(25)14-12-16-24(22)28(5,6)30(9,10)26-29(7,8)27(23,3)4/h11-18H,1-10H3. The summed E-state index contributed by atoms with van der Waals surface area (Å²) in [6.07, 6.45) is 0. The van der Waals surface area contributed by atoms with E-state index in [0.29, 0.717) is 5.92 Å². The van der Waals surface area contributed by atoms with Crippen molar-refractivity contribution in [1.82, 2.24) is 0 Å². The molecule has 0 radical (unpaired) electrons. The first kappa shape index (κ1) is 22.2. The molecule has 1 aliphatic heterocycles. The van der Waals surface area contributed by atoms with Crippen LogP contribution in [0.5, 0.6) is 0 Å². The Balaban J connectivity index is 2.32. The van der Waals surface area contributed by atoms with Gasteiger partial charge in [0.15, 0.2) is 15.7 Å². The third-order valence-electron chi connectivity index (χ3n) is 8.53. The molecule has 160 valence electrons. The topological polar surface area (TPSA) is 9.23 Å². The van der Waals surface area contributed by atoms with E-state index in [4.69, 9.17) is 4.12 Å². The summed E-state index contributed by atoms with van der Waals surface area (Å²) in [5.74, 6) is 0.506. The summed E-state index contributed by atoms with van der Waals surface area (Å²) in [7, 11) is -7.37. The lowest BCUT2D eigenvalue weighted by molar-refractivity contribution is 0.582. The summed E-state index contributed by atoms with van der Waals surface area (Å²) < 4.78 is 7.46. The molecule has 0 saturated carbocycles. The van der Waals surface area contributed by atoms with E-state index in [1.807, 2.05) is 0 Å². The highest BCUT2D eigenvalue weighted by Crippen LogP contribution is 2.38. The zero-order valence-electron chi connectivity index (χ0n) is 20.5. The summed E-state index contributed by atoms with van der Waals surface area (Å²) in [6.45, 7) is 25.1. The molecule has 1 heterocycles. The quantitative estimate of drug-likeness (QED) is 0.292. The van der Waals surface area contributed by atoms with Crippen LogP contribution in [0.25, 0.3) is 21.5 Å². The Kier molecular flexibility index (Phi) is 5.00. The molecule has 3 aromatic carbocycles. The van der Waals surface area contributed by atoms with Crippen molar-refractivity contribution in [2.24, 2.45) is 0 Å². The van der Waals surface area contributed by atoms with Crippen molar-refractivity contribution in [3.63, 3.8) is 0 Å². The van der Waals surface area contributed by atoms with Crippen LogP contribution in [0.2, 0.25) is 52.4 Å². The van der Waals surface area contributed by atoms with Crippen LogP contribution in [-0.2, 0) is 4.12 Å². The summed E-state index contributed by atoms with van der Waals surface area (Å²) in [5, 5.41) is 9.17. The van der Waals surface area contributed by atoms with Crippen LogP contribution in [-0.4, -0.2) is 30.9 Å². The Morgan fingerprint density at radius 1 is 0.600 bits per heavy atom. The van der Waals surface area contributed by atoms with Gasteiger partial charge in [0, 0.05) is 0 Å². The minimum Gasteiger partial charge on any atom is -0.459 e. The molecule has 5 heteroatoms. The number of benzene rings is 3. The van der Waals surface area contributed by atoms with Crippen LogP contribution in [0.15, 0.2) is 42.5 Å². The zero-order chi connectivity index (χ0) is 22.3. The molecule has 0 spiro atoms. The third kappa shape index (κ3) is 2.93. The summed E-state index contributed by atoms with van der Waals surface area (Å²) in [4.78, 5) is 0. The fraction of sp³-hybridized carbons (Fsp3) is 0.440. The second-order valence-corrected chi connectivity index (χ2v) is 40.8. The minimum absolute atomic E-state index is 0.506. The van der Waals surface area contributed by atoms with Crippen LogP contribution in [0, 0.1) is 0 Å². The Morgan fingerprint density at radius 2 is 1.00 bits per heavy atom. The van der Waals surface area contributed by atoms with E-state index in [1.165, 1.54) is 21.5 Å². The van der Waals surface area contributed by atoms with Gasteiger partial charge in [0.1, 0.15) is 15.2 Å². The van der Waals surface area contributed by atoms with Gasteiger partial charge in [-0.1, -0.05) is 86.8 Å². The summed E-state index contributed by atoms with van der Waals surface area (Å²) >= 11 is 0. The molecular formula is C25H38OSi4. The molecule has 4 rings (SSSR count). The van der Waals surface area contributed by atoms with E-state index in [0.717, 1.165) is 0 Å². The highest BCUT2D eigenvalue weighted by atomic mass is 29.3. The maximum atomic E-state index is 7.46. The molecule has 0 aliphatic carbocycles. The molecule has 2 bridgehead atoms. The van der Waals surface area contributed by atoms with Crippen LogP contribution >= 0.6 is 0 Å². The van der Waals surface area contributed by atoms with Gasteiger partial charge in [0.2, 0.25) is 0 Å². The normalized spacial score (nSPS) is 21.6. The van der Waals surface area contributed by atoms with Gasteiger partial charge >= 0.3 is 0 Å². The van der Waals surface area contributed by atoms with Gasteiger partial charge in [-0.25, -0.2) is 0 Å². The van der Waals surface area contributed by atoms with Crippen molar-refractivity contribution in [1.29, 1.82) is 0 Å². The van der Waals surface area contributed by atoms with Crippen LogP contribution in [0.4, 0.5) is 0 Å². The largest absolute Gasteiger partial charge is 0.459 e. The molecule has 3 aromatic rings. The number of hydrogen-bond acceptors (Lipinski definition) is 1. The van der Waals surface area contributed by atoms with Crippen molar-refractivity contribution < 1.29 is 4.12 Å². The first-order chi connectivity index (χ1) is 13.7. The van der Waals surface area contributed by atoms with Crippen molar-refractivity contribution in [2.45, 2.75) is 72.1 Å². The second-order valence-electron chi connectivity index (χ2n) is 11.6. The summed E-state index contributed by atoms with van der Waals surface area (Å²) in [5.41, 5.74) is 1.54. The van der Waals surface area contributed by atoms with E-state index in [9.17, 15) is 0 Å². The fourth-order valence-corrected chi connectivity index (χ4v) is 32.0. The van der Waals surface area contributed by atoms with E-state index in [2.05, 4.69) is 109 Å². The molecule has 0 aromatic heterocycles. The van der Waals surface area contributed by atoms with Crippen molar-refractivity contribution in [3.05, 3.63) is 48.0 Å². The molecule has 30 heavy (non-hydrogen) atoms. The molecule has 0 amide bonds. The Bertz CT molecular complexity index is 1070. The van der Waals surface area contributed by atoms with Crippen LogP contribution in [0.3, 0.4) is 0 Å². The van der Waals surface area contributed by atoms with Gasteiger partial charge in [-0.15, -0.1) is 0 Å². The Morgan fingerprint density at radius 3 is 1.37 bits per heavy atom. The van der Waals surface area contributed by atoms with Crippen molar-refractivity contribution in [2.75, 3.05) is 0 Å². The maximum absolute atomic E-state index is 7.46. The minimum atomic E-state index is -1.90. The monoisotopic (exact) mass is 466 g/mol. The maximum Gasteiger partial charge on any atom is 0.165 e. The predicted molar refractivity (Wildman–Crippen MR) is 146 cm³/mol. The van der Waals surface area contributed by atoms with Gasteiger partial charge in [0.25, 0.3) is 0 Å². The molecule has 0 N–H and O–H groups in total. The van der Waals surface area contributed by atoms with Crippen molar-refractivity contribution in [3.8, 4) is 0 Å². The smallest absolute Gasteiger partial charge is 0.165 e. The van der Waals surface area contributed by atoms with E-state index in [1.54, 1.807) is 15.9 Å². The van der Waals surface area contributed by atoms with E-state index in [-0.39, 0.29) is 0 Å². The third-order valence-corrected chi connectivity index (χ3v) is 43.7.